The number of para-hydroxylation sites is 2. The molecule has 0 saturated carbocycles. The first-order valence-electron chi connectivity index (χ1n) is 10.6. The summed E-state index contributed by atoms with van der Waals surface area (Å²) in [4.78, 5) is 23.9. The van der Waals surface area contributed by atoms with Crippen LogP contribution in [0.25, 0.3) is 0 Å². The molecule has 0 aromatic heterocycles. The molecule has 4 nitrogen and oxygen atoms in total. The number of carbonyl (C=O) groups is 2. The summed E-state index contributed by atoms with van der Waals surface area (Å²) in [5.41, 5.74) is 0. The van der Waals surface area contributed by atoms with Crippen LogP contribution in [0, 0.1) is 5.92 Å². The predicted octanol–water partition coefficient (Wildman–Crippen LogP) is 6.46. The number of hydrogen-bond acceptors (Lipinski definition) is 4. The minimum Gasteiger partial charge on any atom is -0.423 e. The van der Waals surface area contributed by atoms with E-state index in [1.165, 1.54) is 25.7 Å². The van der Waals surface area contributed by atoms with Gasteiger partial charge in [-0.05, 0) is 30.9 Å². The summed E-state index contributed by atoms with van der Waals surface area (Å²) < 4.78 is 10.7. The van der Waals surface area contributed by atoms with Crippen molar-refractivity contribution in [3.8, 4) is 11.5 Å². The molecule has 0 fully saturated rings. The van der Waals surface area contributed by atoms with Crippen LogP contribution in [0.15, 0.2) is 24.3 Å². The van der Waals surface area contributed by atoms with Gasteiger partial charge in [-0.2, -0.15) is 0 Å². The maximum Gasteiger partial charge on any atom is 0.311 e. The fraction of sp³-hybridized carbons (Fsp3) is 0.652. The molecule has 0 amide bonds. The Bertz CT molecular complexity index is 549. The van der Waals surface area contributed by atoms with Gasteiger partial charge >= 0.3 is 11.9 Å². The van der Waals surface area contributed by atoms with Crippen LogP contribution in [0.5, 0.6) is 11.5 Å². The Hall–Kier alpha value is -1.84. The molecule has 1 rings (SSSR count). The largest absolute Gasteiger partial charge is 0.423 e. The summed E-state index contributed by atoms with van der Waals surface area (Å²) in [6, 6.07) is 6.85. The molecule has 0 saturated heterocycles. The summed E-state index contributed by atoms with van der Waals surface area (Å²) in [7, 11) is 0. The first kappa shape index (κ1) is 23.2. The zero-order valence-corrected chi connectivity index (χ0v) is 17.3. The van der Waals surface area contributed by atoms with Gasteiger partial charge in [0.25, 0.3) is 0 Å². The van der Waals surface area contributed by atoms with Crippen LogP contribution in [-0.2, 0) is 9.59 Å². The van der Waals surface area contributed by atoms with Crippen molar-refractivity contribution in [2.45, 2.75) is 91.4 Å². The molecule has 0 atom stereocenters. The van der Waals surface area contributed by atoms with Gasteiger partial charge in [-0.1, -0.05) is 77.8 Å². The van der Waals surface area contributed by atoms with Gasteiger partial charge in [-0.25, -0.2) is 0 Å². The molecular weight excluding hydrogens is 340 g/mol. The third kappa shape index (κ3) is 10.2. The van der Waals surface area contributed by atoms with Crippen molar-refractivity contribution in [3.63, 3.8) is 0 Å². The van der Waals surface area contributed by atoms with E-state index in [0.29, 0.717) is 24.3 Å². The Kier molecular flexibility index (Phi) is 12.2. The quantitative estimate of drug-likeness (QED) is 0.212. The van der Waals surface area contributed by atoms with Crippen LogP contribution in [-0.4, -0.2) is 11.9 Å². The minimum atomic E-state index is -0.294. The van der Waals surface area contributed by atoms with Gasteiger partial charge in [0.1, 0.15) is 0 Å². The number of hydrogen-bond donors (Lipinski definition) is 0. The molecule has 0 spiro atoms. The van der Waals surface area contributed by atoms with Crippen LogP contribution in [0.2, 0.25) is 0 Å². The highest BCUT2D eigenvalue weighted by Gasteiger charge is 2.13. The Labute approximate surface area is 164 Å². The van der Waals surface area contributed by atoms with Gasteiger partial charge in [0.2, 0.25) is 0 Å². The number of ether oxygens (including phenoxy) is 2. The van der Waals surface area contributed by atoms with Crippen molar-refractivity contribution >= 4 is 11.9 Å². The molecule has 1 aromatic carbocycles. The molecule has 4 heteroatoms. The third-order valence-electron chi connectivity index (χ3n) is 4.93. The Balaban J connectivity index is 2.32. The standard InChI is InChI=1S/C23H36O4/c1-4-7-17-22(24)26-20-15-12-13-16-21(20)27-23(25)18-11-9-8-10-14-19(5-2)6-3/h12-13,15-16,19H,4-11,14,17-18H2,1-3H3. The van der Waals surface area contributed by atoms with Crippen LogP contribution in [0.4, 0.5) is 0 Å². The van der Waals surface area contributed by atoms with E-state index in [4.69, 9.17) is 9.47 Å². The lowest BCUT2D eigenvalue weighted by molar-refractivity contribution is -0.137. The molecule has 0 unspecified atom stereocenters. The van der Waals surface area contributed by atoms with Gasteiger partial charge in [0.15, 0.2) is 11.5 Å². The van der Waals surface area contributed by atoms with Crippen LogP contribution >= 0.6 is 0 Å². The first-order valence-corrected chi connectivity index (χ1v) is 10.6. The second-order valence-electron chi connectivity index (χ2n) is 7.13. The zero-order chi connectivity index (χ0) is 19.9. The lowest BCUT2D eigenvalue weighted by atomic mass is 9.96. The normalized spacial score (nSPS) is 10.8. The van der Waals surface area contributed by atoms with E-state index < -0.39 is 0 Å². The highest BCUT2D eigenvalue weighted by atomic mass is 16.6. The molecule has 0 radical (unpaired) electrons. The van der Waals surface area contributed by atoms with Crippen LogP contribution in [0.1, 0.15) is 91.4 Å². The number of unbranched alkanes of at least 4 members (excludes halogenated alkanes) is 4. The fourth-order valence-electron chi connectivity index (χ4n) is 3.04. The summed E-state index contributed by atoms with van der Waals surface area (Å²) in [6.45, 7) is 6.53. The predicted molar refractivity (Wildman–Crippen MR) is 109 cm³/mol. The highest BCUT2D eigenvalue weighted by Crippen LogP contribution is 2.27. The second kappa shape index (κ2) is 14.2. The Morgan fingerprint density at radius 2 is 1.30 bits per heavy atom. The third-order valence-corrected chi connectivity index (χ3v) is 4.93. The van der Waals surface area contributed by atoms with Crippen molar-refractivity contribution in [1.82, 2.24) is 0 Å². The lowest BCUT2D eigenvalue weighted by Gasteiger charge is -2.11. The van der Waals surface area contributed by atoms with Crippen molar-refractivity contribution < 1.29 is 19.1 Å². The van der Waals surface area contributed by atoms with Crippen molar-refractivity contribution in [2.24, 2.45) is 5.92 Å². The molecule has 0 aliphatic heterocycles. The highest BCUT2D eigenvalue weighted by molar-refractivity contribution is 5.76. The molecule has 152 valence electrons. The van der Waals surface area contributed by atoms with Gasteiger partial charge in [0, 0.05) is 12.8 Å². The van der Waals surface area contributed by atoms with E-state index in [1.54, 1.807) is 24.3 Å². The topological polar surface area (TPSA) is 52.6 Å². The van der Waals surface area contributed by atoms with Crippen LogP contribution < -0.4 is 9.47 Å². The fourth-order valence-corrected chi connectivity index (χ4v) is 3.04. The van der Waals surface area contributed by atoms with E-state index in [2.05, 4.69) is 13.8 Å². The molecule has 1 aromatic rings. The van der Waals surface area contributed by atoms with Gasteiger partial charge in [-0.3, -0.25) is 9.59 Å². The average molecular weight is 377 g/mol. The van der Waals surface area contributed by atoms with Gasteiger partial charge in [0.05, 0.1) is 0 Å². The summed E-state index contributed by atoms with van der Waals surface area (Å²) in [5, 5.41) is 0. The summed E-state index contributed by atoms with van der Waals surface area (Å²) >= 11 is 0. The minimum absolute atomic E-state index is 0.271. The number of rotatable bonds is 14. The number of esters is 2. The molecule has 0 aliphatic rings. The molecular formula is C23H36O4. The summed E-state index contributed by atoms with van der Waals surface area (Å²) in [5.74, 6) is 0.912. The summed E-state index contributed by atoms with van der Waals surface area (Å²) in [6.07, 6.45) is 10.6. The van der Waals surface area contributed by atoms with E-state index in [0.717, 1.165) is 38.0 Å². The van der Waals surface area contributed by atoms with Gasteiger partial charge < -0.3 is 9.47 Å². The SMILES string of the molecule is CCCCC(=O)Oc1ccccc1OC(=O)CCCCCCC(CC)CC. The monoisotopic (exact) mass is 376 g/mol. The van der Waals surface area contributed by atoms with Gasteiger partial charge in [-0.15, -0.1) is 0 Å². The molecule has 0 bridgehead atoms. The van der Waals surface area contributed by atoms with Crippen molar-refractivity contribution in [1.29, 1.82) is 0 Å². The van der Waals surface area contributed by atoms with E-state index in [-0.39, 0.29) is 11.9 Å². The smallest absolute Gasteiger partial charge is 0.311 e. The lowest BCUT2D eigenvalue weighted by Crippen LogP contribution is -2.11. The van der Waals surface area contributed by atoms with Crippen LogP contribution in [0.3, 0.4) is 0 Å². The Morgan fingerprint density at radius 3 is 1.81 bits per heavy atom. The maximum absolute atomic E-state index is 12.1. The van der Waals surface area contributed by atoms with Crippen molar-refractivity contribution in [2.75, 3.05) is 0 Å². The molecule has 27 heavy (non-hydrogen) atoms. The first-order chi connectivity index (χ1) is 13.1. The molecule has 0 N–H and O–H groups in total. The number of benzene rings is 1. The molecule has 0 aliphatic carbocycles. The van der Waals surface area contributed by atoms with E-state index in [9.17, 15) is 9.59 Å². The van der Waals surface area contributed by atoms with E-state index in [1.807, 2.05) is 6.92 Å². The second-order valence-corrected chi connectivity index (χ2v) is 7.13. The van der Waals surface area contributed by atoms with E-state index >= 15 is 0 Å². The number of carbonyl (C=O) groups excluding carboxylic acids is 2. The van der Waals surface area contributed by atoms with Crippen molar-refractivity contribution in [3.05, 3.63) is 24.3 Å². The average Bonchev–Trinajstić information content (AvgIpc) is 2.67. The zero-order valence-electron chi connectivity index (χ0n) is 17.3. The maximum atomic E-state index is 12.1. The molecule has 0 heterocycles. The Morgan fingerprint density at radius 1 is 0.778 bits per heavy atom.